The normalized spacial score (nSPS) is 12.4. The number of alkyl halides is 1. The van der Waals surface area contributed by atoms with Gasteiger partial charge in [0.25, 0.3) is 0 Å². The summed E-state index contributed by atoms with van der Waals surface area (Å²) in [5.41, 5.74) is 0.729. The third kappa shape index (κ3) is 3.13. The molecule has 0 radical (unpaired) electrons. The Bertz CT molecular complexity index is 500. The van der Waals surface area contributed by atoms with Crippen molar-refractivity contribution in [3.05, 3.63) is 28.8 Å². The van der Waals surface area contributed by atoms with Crippen LogP contribution >= 0.6 is 23.2 Å². The van der Waals surface area contributed by atoms with E-state index in [1.54, 1.807) is 26.0 Å². The third-order valence-corrected chi connectivity index (χ3v) is 5.36. The topological polar surface area (TPSA) is 37.4 Å². The van der Waals surface area contributed by atoms with E-state index in [0.717, 1.165) is 5.56 Å². The van der Waals surface area contributed by atoms with Gasteiger partial charge in [0.15, 0.2) is 0 Å². The minimum Gasteiger partial charge on any atom is -0.207 e. The highest BCUT2D eigenvalue weighted by molar-refractivity contribution is 7.89. The number of benzene rings is 1. The van der Waals surface area contributed by atoms with Crippen molar-refractivity contribution in [2.75, 3.05) is 7.05 Å². The zero-order valence-corrected chi connectivity index (χ0v) is 12.3. The quantitative estimate of drug-likeness (QED) is 0.801. The summed E-state index contributed by atoms with van der Waals surface area (Å²) in [4.78, 5) is 0.105. The molecule has 0 bridgehead atoms. The average molecular weight is 296 g/mol. The second kappa shape index (κ2) is 5.57. The first-order valence-corrected chi connectivity index (χ1v) is 7.48. The largest absolute Gasteiger partial charge is 0.244 e. The smallest absolute Gasteiger partial charge is 0.207 e. The Balaban J connectivity index is 3.32. The molecule has 0 saturated heterocycles. The van der Waals surface area contributed by atoms with Gasteiger partial charge in [-0.3, -0.25) is 0 Å². The Morgan fingerprint density at radius 3 is 2.41 bits per heavy atom. The maximum Gasteiger partial charge on any atom is 0.244 e. The van der Waals surface area contributed by atoms with Crippen LogP contribution in [0.15, 0.2) is 23.1 Å². The van der Waals surface area contributed by atoms with Crippen molar-refractivity contribution in [3.8, 4) is 0 Å². The lowest BCUT2D eigenvalue weighted by Gasteiger charge is -2.21. The average Bonchev–Trinajstić information content (AvgIpc) is 2.28. The Morgan fingerprint density at radius 1 is 1.35 bits per heavy atom. The van der Waals surface area contributed by atoms with Crippen molar-refractivity contribution in [1.82, 2.24) is 4.31 Å². The lowest BCUT2D eigenvalue weighted by molar-refractivity contribution is 0.410. The van der Waals surface area contributed by atoms with E-state index < -0.39 is 10.0 Å². The van der Waals surface area contributed by atoms with Crippen LogP contribution in [0.25, 0.3) is 0 Å². The van der Waals surface area contributed by atoms with Crippen LogP contribution in [0.3, 0.4) is 0 Å². The molecule has 0 aromatic heterocycles. The van der Waals surface area contributed by atoms with Gasteiger partial charge < -0.3 is 0 Å². The number of nitrogens with zero attached hydrogens (tertiary/aromatic N) is 1. The number of rotatable bonds is 4. The zero-order valence-electron chi connectivity index (χ0n) is 9.94. The van der Waals surface area contributed by atoms with E-state index in [4.69, 9.17) is 23.2 Å². The van der Waals surface area contributed by atoms with Gasteiger partial charge in [0.2, 0.25) is 10.0 Å². The lowest BCUT2D eigenvalue weighted by Crippen LogP contribution is -2.33. The maximum atomic E-state index is 12.3. The molecule has 0 aliphatic rings. The van der Waals surface area contributed by atoms with Crippen molar-refractivity contribution in [2.24, 2.45) is 0 Å². The van der Waals surface area contributed by atoms with E-state index in [0.29, 0.717) is 0 Å². The number of hydrogen-bond donors (Lipinski definition) is 0. The molecule has 6 heteroatoms. The van der Waals surface area contributed by atoms with Gasteiger partial charge in [-0.05, 0) is 31.5 Å². The molecule has 0 spiro atoms. The standard InChI is InChI=1S/C11H15Cl2NO2S/c1-8(2)14(3)17(15,16)11-6-9(7-12)4-5-10(11)13/h4-6,8H,7H2,1-3H3. The van der Waals surface area contributed by atoms with Crippen molar-refractivity contribution >= 4 is 33.2 Å². The van der Waals surface area contributed by atoms with Crippen molar-refractivity contribution in [2.45, 2.75) is 30.7 Å². The molecule has 0 amide bonds. The molecule has 0 fully saturated rings. The zero-order chi connectivity index (χ0) is 13.2. The summed E-state index contributed by atoms with van der Waals surface area (Å²) in [5, 5.41) is 0.214. The fraction of sp³-hybridized carbons (Fsp3) is 0.455. The van der Waals surface area contributed by atoms with Gasteiger partial charge in [0.05, 0.1) is 5.02 Å². The number of sulfonamides is 1. The summed E-state index contributed by atoms with van der Waals surface area (Å²) in [6.07, 6.45) is 0. The van der Waals surface area contributed by atoms with Gasteiger partial charge in [-0.15, -0.1) is 11.6 Å². The van der Waals surface area contributed by atoms with Gasteiger partial charge >= 0.3 is 0 Å². The SMILES string of the molecule is CC(C)N(C)S(=O)(=O)c1cc(CCl)ccc1Cl. The van der Waals surface area contributed by atoms with Crippen LogP contribution in [0.4, 0.5) is 0 Å². The first-order valence-electron chi connectivity index (χ1n) is 5.13. The number of halogens is 2. The van der Waals surface area contributed by atoms with Gasteiger partial charge in [-0.2, -0.15) is 4.31 Å². The summed E-state index contributed by atoms with van der Waals surface area (Å²) in [5.74, 6) is 0.255. The molecule has 3 nitrogen and oxygen atoms in total. The summed E-state index contributed by atoms with van der Waals surface area (Å²) in [6.45, 7) is 3.60. The highest BCUT2D eigenvalue weighted by atomic mass is 35.5. The fourth-order valence-electron chi connectivity index (χ4n) is 1.26. The predicted octanol–water partition coefficient (Wildman–Crippen LogP) is 3.11. The monoisotopic (exact) mass is 295 g/mol. The molecule has 0 N–H and O–H groups in total. The minimum absolute atomic E-state index is 0.105. The Kier molecular flexibility index (Phi) is 4.84. The van der Waals surface area contributed by atoms with Gasteiger partial charge in [0, 0.05) is 19.0 Å². The molecular weight excluding hydrogens is 281 g/mol. The van der Waals surface area contributed by atoms with Crippen molar-refractivity contribution in [1.29, 1.82) is 0 Å². The van der Waals surface area contributed by atoms with E-state index in [1.165, 1.54) is 17.4 Å². The van der Waals surface area contributed by atoms with Crippen molar-refractivity contribution in [3.63, 3.8) is 0 Å². The second-order valence-corrected chi connectivity index (χ2v) is 6.65. The van der Waals surface area contributed by atoms with Crippen LogP contribution < -0.4 is 0 Å². The van der Waals surface area contributed by atoms with E-state index in [2.05, 4.69) is 0 Å². The first kappa shape index (κ1) is 14.8. The summed E-state index contributed by atoms with van der Waals surface area (Å²) >= 11 is 11.6. The molecule has 0 heterocycles. The van der Waals surface area contributed by atoms with Crippen LogP contribution in [-0.2, 0) is 15.9 Å². The van der Waals surface area contributed by atoms with E-state index in [1.807, 2.05) is 0 Å². The predicted molar refractivity (Wildman–Crippen MR) is 71.1 cm³/mol. The molecule has 96 valence electrons. The highest BCUT2D eigenvalue weighted by Crippen LogP contribution is 2.26. The van der Waals surface area contributed by atoms with E-state index >= 15 is 0 Å². The van der Waals surface area contributed by atoms with E-state index in [-0.39, 0.29) is 21.8 Å². The van der Waals surface area contributed by atoms with Crippen LogP contribution in [0, 0.1) is 0 Å². The van der Waals surface area contributed by atoms with Gasteiger partial charge in [-0.25, -0.2) is 8.42 Å². The Labute approximate surface area is 112 Å². The van der Waals surface area contributed by atoms with Crippen molar-refractivity contribution < 1.29 is 8.42 Å². The summed E-state index contributed by atoms with van der Waals surface area (Å²) in [6, 6.07) is 4.66. The molecule has 1 rings (SSSR count). The fourth-order valence-corrected chi connectivity index (χ4v) is 3.32. The summed E-state index contributed by atoms with van der Waals surface area (Å²) in [7, 11) is -2.03. The highest BCUT2D eigenvalue weighted by Gasteiger charge is 2.25. The maximum absolute atomic E-state index is 12.3. The van der Waals surface area contributed by atoms with Gasteiger partial charge in [-0.1, -0.05) is 17.7 Å². The van der Waals surface area contributed by atoms with Gasteiger partial charge in [0.1, 0.15) is 4.90 Å². The number of hydrogen-bond acceptors (Lipinski definition) is 2. The molecule has 0 unspecified atom stereocenters. The first-order chi connectivity index (χ1) is 7.80. The molecule has 0 aliphatic carbocycles. The van der Waals surface area contributed by atoms with Crippen LogP contribution in [0.5, 0.6) is 0 Å². The molecule has 17 heavy (non-hydrogen) atoms. The minimum atomic E-state index is -3.56. The molecular formula is C11H15Cl2NO2S. The van der Waals surface area contributed by atoms with E-state index in [9.17, 15) is 8.42 Å². The summed E-state index contributed by atoms with van der Waals surface area (Å²) < 4.78 is 25.8. The molecule has 0 saturated carbocycles. The Morgan fingerprint density at radius 2 is 1.94 bits per heavy atom. The van der Waals surface area contributed by atoms with Crippen LogP contribution in [0.2, 0.25) is 5.02 Å². The van der Waals surface area contributed by atoms with Crippen LogP contribution in [-0.4, -0.2) is 25.8 Å². The molecule has 0 aliphatic heterocycles. The second-order valence-electron chi connectivity index (χ2n) is 4.01. The molecule has 1 aromatic rings. The molecule has 0 atom stereocenters. The van der Waals surface area contributed by atoms with Crippen LogP contribution in [0.1, 0.15) is 19.4 Å². The third-order valence-electron chi connectivity index (χ3n) is 2.53. The lowest BCUT2D eigenvalue weighted by atomic mass is 10.2. The molecule has 1 aromatic carbocycles. The Hall–Kier alpha value is -0.290.